The summed E-state index contributed by atoms with van der Waals surface area (Å²) < 4.78 is 11.2. The van der Waals surface area contributed by atoms with Crippen LogP contribution in [0.5, 0.6) is 0 Å². The summed E-state index contributed by atoms with van der Waals surface area (Å²) in [6, 6.07) is 10.4. The molecule has 76 valence electrons. The van der Waals surface area contributed by atoms with Gasteiger partial charge in [0, 0.05) is 5.92 Å². The van der Waals surface area contributed by atoms with Crippen molar-refractivity contribution >= 4 is 0 Å². The van der Waals surface area contributed by atoms with Crippen LogP contribution in [0.25, 0.3) is 0 Å². The molecular formula is C12H16O2. The van der Waals surface area contributed by atoms with Gasteiger partial charge in [0.2, 0.25) is 0 Å². The maximum atomic E-state index is 5.61. The Morgan fingerprint density at radius 3 is 2.21 bits per heavy atom. The molecule has 2 nitrogen and oxygen atoms in total. The molecule has 0 aliphatic carbocycles. The molecule has 0 aromatic heterocycles. The number of hydrogen-bond acceptors (Lipinski definition) is 2. The van der Waals surface area contributed by atoms with Gasteiger partial charge in [-0.15, -0.1) is 0 Å². The lowest BCUT2D eigenvalue weighted by Crippen LogP contribution is -2.38. The fraction of sp³-hybridized carbons (Fsp3) is 0.500. The molecule has 2 heteroatoms. The van der Waals surface area contributed by atoms with Gasteiger partial charge in [-0.2, -0.15) is 0 Å². The van der Waals surface area contributed by atoms with Crippen LogP contribution in [0.15, 0.2) is 30.3 Å². The molecule has 2 rings (SSSR count). The van der Waals surface area contributed by atoms with Crippen molar-refractivity contribution in [1.29, 1.82) is 0 Å². The Hall–Kier alpha value is -0.860. The van der Waals surface area contributed by atoms with Crippen LogP contribution in [-0.2, 0) is 9.47 Å². The zero-order valence-electron chi connectivity index (χ0n) is 8.69. The highest BCUT2D eigenvalue weighted by Gasteiger charge is 2.28. The lowest BCUT2D eigenvalue weighted by molar-refractivity contribution is -0.251. The Bertz CT molecular complexity index is 282. The first-order valence-electron chi connectivity index (χ1n) is 5.00. The molecule has 0 saturated carbocycles. The van der Waals surface area contributed by atoms with Crippen molar-refractivity contribution in [2.75, 3.05) is 13.2 Å². The third-order valence-corrected chi connectivity index (χ3v) is 2.54. The normalized spacial score (nSPS) is 22.1. The summed E-state index contributed by atoms with van der Waals surface area (Å²) in [7, 11) is 0. The fourth-order valence-electron chi connectivity index (χ4n) is 1.61. The van der Waals surface area contributed by atoms with E-state index in [-0.39, 0.29) is 0 Å². The van der Waals surface area contributed by atoms with Crippen molar-refractivity contribution in [3.05, 3.63) is 35.9 Å². The third-order valence-electron chi connectivity index (χ3n) is 2.54. The van der Waals surface area contributed by atoms with Gasteiger partial charge < -0.3 is 9.47 Å². The summed E-state index contributed by atoms with van der Waals surface area (Å²) in [5.41, 5.74) is 1.29. The van der Waals surface area contributed by atoms with E-state index in [1.54, 1.807) is 0 Å². The van der Waals surface area contributed by atoms with Gasteiger partial charge in [0.15, 0.2) is 5.79 Å². The topological polar surface area (TPSA) is 18.5 Å². The van der Waals surface area contributed by atoms with Crippen molar-refractivity contribution in [3.63, 3.8) is 0 Å². The Kier molecular flexibility index (Phi) is 2.57. The predicted molar refractivity (Wildman–Crippen MR) is 55.2 cm³/mol. The second kappa shape index (κ2) is 3.71. The highest BCUT2D eigenvalue weighted by Crippen LogP contribution is 2.26. The van der Waals surface area contributed by atoms with Crippen LogP contribution in [-0.4, -0.2) is 19.0 Å². The first-order chi connectivity index (χ1) is 6.67. The number of hydrogen-bond donors (Lipinski definition) is 0. The summed E-state index contributed by atoms with van der Waals surface area (Å²) in [6.07, 6.45) is 0. The molecule has 0 atom stereocenters. The Labute approximate surface area is 84.8 Å². The van der Waals surface area contributed by atoms with E-state index in [0.717, 1.165) is 13.2 Å². The lowest BCUT2D eigenvalue weighted by Gasteiger charge is -2.35. The van der Waals surface area contributed by atoms with Crippen LogP contribution in [0.3, 0.4) is 0 Å². The highest BCUT2D eigenvalue weighted by atomic mass is 16.7. The van der Waals surface area contributed by atoms with Gasteiger partial charge in [0.1, 0.15) is 0 Å². The van der Waals surface area contributed by atoms with Crippen LogP contribution >= 0.6 is 0 Å². The van der Waals surface area contributed by atoms with Gasteiger partial charge in [0.25, 0.3) is 0 Å². The lowest BCUT2D eigenvalue weighted by atomic mass is 10.00. The van der Waals surface area contributed by atoms with Crippen LogP contribution in [0.1, 0.15) is 25.3 Å². The van der Waals surface area contributed by atoms with Crippen molar-refractivity contribution in [3.8, 4) is 0 Å². The predicted octanol–water partition coefficient (Wildman–Crippen LogP) is 2.55. The number of rotatable bonds is 1. The van der Waals surface area contributed by atoms with E-state index in [2.05, 4.69) is 24.3 Å². The second-order valence-electron chi connectivity index (χ2n) is 4.13. The minimum atomic E-state index is -0.411. The first kappa shape index (κ1) is 9.69. The largest absolute Gasteiger partial charge is 0.350 e. The monoisotopic (exact) mass is 192 g/mol. The van der Waals surface area contributed by atoms with Crippen LogP contribution < -0.4 is 0 Å². The van der Waals surface area contributed by atoms with Crippen LogP contribution in [0.4, 0.5) is 0 Å². The zero-order valence-corrected chi connectivity index (χ0v) is 8.69. The van der Waals surface area contributed by atoms with Crippen molar-refractivity contribution in [1.82, 2.24) is 0 Å². The molecule has 1 aromatic carbocycles. The van der Waals surface area contributed by atoms with E-state index >= 15 is 0 Å². The van der Waals surface area contributed by atoms with Gasteiger partial charge in [0.05, 0.1) is 13.2 Å². The number of ether oxygens (including phenoxy) is 2. The van der Waals surface area contributed by atoms with E-state index in [1.165, 1.54) is 5.56 Å². The molecule has 1 aliphatic heterocycles. The van der Waals surface area contributed by atoms with E-state index < -0.39 is 5.79 Å². The van der Waals surface area contributed by atoms with E-state index in [1.807, 2.05) is 19.9 Å². The van der Waals surface area contributed by atoms with E-state index in [0.29, 0.717) is 5.92 Å². The molecular weight excluding hydrogens is 176 g/mol. The molecule has 0 bridgehead atoms. The summed E-state index contributed by atoms with van der Waals surface area (Å²) in [6.45, 7) is 5.40. The van der Waals surface area contributed by atoms with E-state index in [4.69, 9.17) is 9.47 Å². The summed E-state index contributed by atoms with van der Waals surface area (Å²) >= 11 is 0. The average molecular weight is 192 g/mol. The molecule has 14 heavy (non-hydrogen) atoms. The maximum Gasteiger partial charge on any atom is 0.162 e. The van der Waals surface area contributed by atoms with Crippen molar-refractivity contribution in [2.45, 2.75) is 25.6 Å². The maximum absolute atomic E-state index is 5.61. The standard InChI is InChI=1S/C12H16O2/c1-12(2)13-8-11(9-14-12)10-6-4-3-5-7-10/h3-7,11H,8-9H2,1-2H3. The minimum absolute atomic E-state index is 0.379. The van der Waals surface area contributed by atoms with Crippen molar-refractivity contribution < 1.29 is 9.47 Å². The highest BCUT2D eigenvalue weighted by molar-refractivity contribution is 5.19. The summed E-state index contributed by atoms with van der Waals surface area (Å²) in [4.78, 5) is 0. The molecule has 0 spiro atoms. The molecule has 0 N–H and O–H groups in total. The molecule has 1 heterocycles. The summed E-state index contributed by atoms with van der Waals surface area (Å²) in [5, 5.41) is 0. The second-order valence-corrected chi connectivity index (χ2v) is 4.13. The zero-order chi connectivity index (χ0) is 10.0. The minimum Gasteiger partial charge on any atom is -0.350 e. The molecule has 1 aromatic rings. The fourth-order valence-corrected chi connectivity index (χ4v) is 1.61. The third kappa shape index (κ3) is 2.14. The van der Waals surface area contributed by atoms with Crippen LogP contribution in [0.2, 0.25) is 0 Å². The van der Waals surface area contributed by atoms with Gasteiger partial charge in [-0.3, -0.25) is 0 Å². The van der Waals surface area contributed by atoms with Crippen LogP contribution in [0, 0.1) is 0 Å². The van der Waals surface area contributed by atoms with Gasteiger partial charge >= 0.3 is 0 Å². The molecule has 1 saturated heterocycles. The van der Waals surface area contributed by atoms with Gasteiger partial charge in [-0.1, -0.05) is 30.3 Å². The molecule has 0 radical (unpaired) electrons. The first-order valence-corrected chi connectivity index (χ1v) is 5.00. The summed E-state index contributed by atoms with van der Waals surface area (Å²) in [5.74, 6) is -0.0325. The van der Waals surface area contributed by atoms with E-state index in [9.17, 15) is 0 Å². The number of benzene rings is 1. The van der Waals surface area contributed by atoms with Crippen molar-refractivity contribution in [2.24, 2.45) is 0 Å². The van der Waals surface area contributed by atoms with Gasteiger partial charge in [-0.05, 0) is 19.4 Å². The molecule has 1 fully saturated rings. The van der Waals surface area contributed by atoms with Gasteiger partial charge in [-0.25, -0.2) is 0 Å². The molecule has 0 unspecified atom stereocenters. The Morgan fingerprint density at radius 1 is 1.07 bits per heavy atom. The molecule has 0 amide bonds. The Morgan fingerprint density at radius 2 is 1.64 bits per heavy atom. The SMILES string of the molecule is CC1(C)OCC(c2ccccc2)CO1. The quantitative estimate of drug-likeness (QED) is 0.680. The smallest absolute Gasteiger partial charge is 0.162 e. The Balaban J connectivity index is 2.03. The average Bonchev–Trinajstić information content (AvgIpc) is 2.19. The molecule has 1 aliphatic rings.